The molecule has 154 valence electrons. The Morgan fingerprint density at radius 2 is 1.43 bits per heavy atom. The Hall–Kier alpha value is -1.64. The van der Waals surface area contributed by atoms with Crippen LogP contribution in [-0.4, -0.2) is 6.61 Å². The highest BCUT2D eigenvalue weighted by molar-refractivity contribution is 5.52. The van der Waals surface area contributed by atoms with Crippen LogP contribution in [0.1, 0.15) is 70.8 Å². The first-order valence-corrected chi connectivity index (χ1v) is 11.0. The molecule has 1 aromatic carbocycles. The molecule has 0 heterocycles. The summed E-state index contributed by atoms with van der Waals surface area (Å²) in [6, 6.07) is 3.12. The van der Waals surface area contributed by atoms with Crippen molar-refractivity contribution in [2.45, 2.75) is 65.2 Å². The van der Waals surface area contributed by atoms with Crippen LogP contribution in [0.4, 0.5) is 8.78 Å². The van der Waals surface area contributed by atoms with Crippen LogP contribution in [-0.2, 0) is 0 Å². The van der Waals surface area contributed by atoms with E-state index in [1.807, 2.05) is 0 Å². The molecule has 0 spiro atoms. The van der Waals surface area contributed by atoms with Crippen LogP contribution in [0, 0.1) is 35.3 Å². The second kappa shape index (κ2) is 10.2. The Morgan fingerprint density at radius 3 is 1.96 bits per heavy atom. The smallest absolute Gasteiger partial charge is 0.201 e. The van der Waals surface area contributed by atoms with Crippen molar-refractivity contribution in [2.75, 3.05) is 6.61 Å². The summed E-state index contributed by atoms with van der Waals surface area (Å²) >= 11 is 0. The second-order valence-corrected chi connectivity index (χ2v) is 8.45. The van der Waals surface area contributed by atoms with Crippen molar-refractivity contribution in [3.63, 3.8) is 0 Å². The van der Waals surface area contributed by atoms with Gasteiger partial charge in [0, 0.05) is 5.56 Å². The average molecular weight is 389 g/mol. The number of rotatable bonds is 6. The van der Waals surface area contributed by atoms with Crippen molar-refractivity contribution in [1.29, 1.82) is 0 Å². The molecule has 0 unspecified atom stereocenters. The van der Waals surface area contributed by atoms with Crippen LogP contribution in [0.3, 0.4) is 0 Å². The maximum absolute atomic E-state index is 14.2. The highest BCUT2D eigenvalue weighted by atomic mass is 19.2. The molecule has 0 amide bonds. The Balaban J connectivity index is 1.50. The van der Waals surface area contributed by atoms with Crippen molar-refractivity contribution in [2.24, 2.45) is 23.7 Å². The van der Waals surface area contributed by atoms with E-state index < -0.39 is 11.6 Å². The number of hydrogen-bond acceptors (Lipinski definition) is 1. The molecule has 0 bridgehead atoms. The SMILES string of the molecule is CC=CC1CCC(C2CCC(C=Cc3ccc(OCC)c(F)c3F)CC2)CC1. The summed E-state index contributed by atoms with van der Waals surface area (Å²) in [7, 11) is 0. The van der Waals surface area contributed by atoms with Gasteiger partial charge in [-0.3, -0.25) is 0 Å². The van der Waals surface area contributed by atoms with Crippen LogP contribution in [0.15, 0.2) is 30.4 Å². The van der Waals surface area contributed by atoms with Gasteiger partial charge < -0.3 is 4.74 Å². The predicted octanol–water partition coefficient (Wildman–Crippen LogP) is 7.57. The molecule has 0 N–H and O–H groups in total. The third-order valence-corrected chi connectivity index (χ3v) is 6.69. The van der Waals surface area contributed by atoms with E-state index in [1.165, 1.54) is 44.6 Å². The number of hydrogen-bond donors (Lipinski definition) is 0. The minimum Gasteiger partial charge on any atom is -0.491 e. The fraction of sp³-hybridized carbons (Fsp3) is 0.600. The van der Waals surface area contributed by atoms with Crippen LogP contribution >= 0.6 is 0 Å². The van der Waals surface area contributed by atoms with Gasteiger partial charge in [-0.1, -0.05) is 24.3 Å². The maximum atomic E-state index is 14.2. The largest absolute Gasteiger partial charge is 0.491 e. The summed E-state index contributed by atoms with van der Waals surface area (Å²) in [6.45, 7) is 4.20. The van der Waals surface area contributed by atoms with Gasteiger partial charge in [0.05, 0.1) is 6.61 Å². The summed E-state index contributed by atoms with van der Waals surface area (Å²) in [5.74, 6) is 1.31. The van der Waals surface area contributed by atoms with Gasteiger partial charge in [0.2, 0.25) is 5.82 Å². The number of allylic oxidation sites excluding steroid dienone is 3. The molecule has 0 aromatic heterocycles. The topological polar surface area (TPSA) is 9.23 Å². The molecule has 0 atom stereocenters. The van der Waals surface area contributed by atoms with E-state index in [1.54, 1.807) is 19.1 Å². The first-order chi connectivity index (χ1) is 13.6. The molecule has 2 aliphatic carbocycles. The van der Waals surface area contributed by atoms with Gasteiger partial charge in [0.15, 0.2) is 11.6 Å². The minimum atomic E-state index is -0.888. The molecule has 3 rings (SSSR count). The summed E-state index contributed by atoms with van der Waals surface area (Å²) in [4.78, 5) is 0. The lowest BCUT2D eigenvalue weighted by molar-refractivity contribution is 0.166. The lowest BCUT2D eigenvalue weighted by Gasteiger charge is -2.36. The molecule has 2 fully saturated rings. The number of ether oxygens (including phenoxy) is 1. The first kappa shape index (κ1) is 21.1. The van der Waals surface area contributed by atoms with Crippen LogP contribution in [0.2, 0.25) is 0 Å². The van der Waals surface area contributed by atoms with Crippen LogP contribution in [0.25, 0.3) is 6.08 Å². The van der Waals surface area contributed by atoms with E-state index in [0.717, 1.165) is 30.6 Å². The number of halogens is 2. The molecule has 1 aromatic rings. The minimum absolute atomic E-state index is 0.0122. The van der Waals surface area contributed by atoms with Gasteiger partial charge >= 0.3 is 0 Å². The Bertz CT molecular complexity index is 678. The van der Waals surface area contributed by atoms with Gasteiger partial charge in [-0.15, -0.1) is 0 Å². The van der Waals surface area contributed by atoms with E-state index in [2.05, 4.69) is 25.2 Å². The van der Waals surface area contributed by atoms with Crippen LogP contribution in [0.5, 0.6) is 5.75 Å². The zero-order valence-electron chi connectivity index (χ0n) is 17.3. The summed E-state index contributed by atoms with van der Waals surface area (Å²) in [5.41, 5.74) is 0.311. The third kappa shape index (κ3) is 5.24. The predicted molar refractivity (Wildman–Crippen MR) is 112 cm³/mol. The maximum Gasteiger partial charge on any atom is 0.201 e. The Labute approximate surface area is 168 Å². The summed E-state index contributed by atoms with van der Waals surface area (Å²) < 4.78 is 33.3. The monoisotopic (exact) mass is 388 g/mol. The molecular formula is C25H34F2O. The lowest BCUT2D eigenvalue weighted by atomic mass is 9.69. The van der Waals surface area contributed by atoms with Crippen molar-refractivity contribution in [3.8, 4) is 5.75 Å². The summed E-state index contributed by atoms with van der Waals surface area (Å²) in [5, 5.41) is 0. The fourth-order valence-electron chi connectivity index (χ4n) is 5.07. The summed E-state index contributed by atoms with van der Waals surface area (Å²) in [6.07, 6.45) is 18.7. The molecule has 2 saturated carbocycles. The van der Waals surface area contributed by atoms with Gasteiger partial charge in [-0.05, 0) is 101 Å². The van der Waals surface area contributed by atoms with E-state index in [0.29, 0.717) is 18.1 Å². The normalized spacial score (nSPS) is 28.9. The van der Waals surface area contributed by atoms with Gasteiger partial charge in [-0.2, -0.15) is 4.39 Å². The molecule has 0 saturated heterocycles. The molecule has 0 aliphatic heterocycles. The van der Waals surface area contributed by atoms with E-state index in [4.69, 9.17) is 4.74 Å². The highest BCUT2D eigenvalue weighted by Crippen LogP contribution is 2.42. The highest BCUT2D eigenvalue weighted by Gasteiger charge is 2.29. The van der Waals surface area contributed by atoms with Gasteiger partial charge in [0.1, 0.15) is 0 Å². The van der Waals surface area contributed by atoms with E-state index >= 15 is 0 Å². The standard InChI is InChI=1S/C25H34F2O/c1-3-5-18-6-11-20(12-7-18)21-13-8-19(9-14-21)10-15-22-16-17-23(28-4-2)25(27)24(22)26/h3,5,10,15-21H,4,6-9,11-14H2,1-2H3. The van der Waals surface area contributed by atoms with Crippen LogP contribution < -0.4 is 4.74 Å². The van der Waals surface area contributed by atoms with E-state index in [-0.39, 0.29) is 5.75 Å². The van der Waals surface area contributed by atoms with E-state index in [9.17, 15) is 8.78 Å². The zero-order valence-corrected chi connectivity index (χ0v) is 17.3. The van der Waals surface area contributed by atoms with Crippen molar-refractivity contribution in [3.05, 3.63) is 47.6 Å². The Kier molecular flexibility index (Phi) is 7.70. The molecule has 1 nitrogen and oxygen atoms in total. The zero-order chi connectivity index (χ0) is 19.9. The molecule has 3 heteroatoms. The number of benzene rings is 1. The first-order valence-electron chi connectivity index (χ1n) is 11.0. The fourth-order valence-corrected chi connectivity index (χ4v) is 5.07. The van der Waals surface area contributed by atoms with Gasteiger partial charge in [-0.25, -0.2) is 4.39 Å². The van der Waals surface area contributed by atoms with Crippen molar-refractivity contribution >= 4 is 6.08 Å². The molecule has 0 radical (unpaired) electrons. The third-order valence-electron chi connectivity index (χ3n) is 6.69. The second-order valence-electron chi connectivity index (χ2n) is 8.45. The Morgan fingerprint density at radius 1 is 0.857 bits per heavy atom. The van der Waals surface area contributed by atoms with Gasteiger partial charge in [0.25, 0.3) is 0 Å². The molecule has 28 heavy (non-hydrogen) atoms. The molecule has 2 aliphatic rings. The molecular weight excluding hydrogens is 354 g/mol. The lowest BCUT2D eigenvalue weighted by Crippen LogP contribution is -2.25. The van der Waals surface area contributed by atoms with Crippen molar-refractivity contribution < 1.29 is 13.5 Å². The quantitative estimate of drug-likeness (QED) is 0.457. The average Bonchev–Trinajstić information content (AvgIpc) is 2.72. The van der Waals surface area contributed by atoms with Crippen molar-refractivity contribution in [1.82, 2.24) is 0 Å².